The molecule has 1 aromatic heterocycles. The van der Waals surface area contributed by atoms with Gasteiger partial charge in [0.15, 0.2) is 0 Å². The second kappa shape index (κ2) is 5.29. The lowest BCUT2D eigenvalue weighted by atomic mass is 10.2. The quantitative estimate of drug-likeness (QED) is 0.855. The molecule has 0 atom stereocenters. The number of anilines is 2. The van der Waals surface area contributed by atoms with Crippen LogP contribution in [0.15, 0.2) is 29.0 Å². The number of rotatable bonds is 2. The van der Waals surface area contributed by atoms with Gasteiger partial charge >= 0.3 is 0 Å². The highest BCUT2D eigenvalue weighted by molar-refractivity contribution is 9.10. The summed E-state index contributed by atoms with van der Waals surface area (Å²) in [6.45, 7) is 0. The topological polar surface area (TPSA) is 61.6 Å². The zero-order chi connectivity index (χ0) is 13.1. The van der Waals surface area contributed by atoms with E-state index in [0.717, 1.165) is 6.07 Å². The molecule has 0 saturated heterocycles. The fourth-order valence-electron chi connectivity index (χ4n) is 1.25. The van der Waals surface area contributed by atoms with E-state index in [9.17, 15) is 4.39 Å². The van der Waals surface area contributed by atoms with Crippen LogP contribution in [0.3, 0.4) is 0 Å². The molecule has 18 heavy (non-hydrogen) atoms. The lowest BCUT2D eigenvalue weighted by Crippen LogP contribution is -1.98. The van der Waals surface area contributed by atoms with E-state index in [1.165, 1.54) is 18.5 Å². The Morgan fingerprint density at radius 3 is 2.83 bits per heavy atom. The summed E-state index contributed by atoms with van der Waals surface area (Å²) in [4.78, 5) is 7.69. The molecule has 0 fully saturated rings. The van der Waals surface area contributed by atoms with Gasteiger partial charge in [-0.3, -0.25) is 0 Å². The third kappa shape index (κ3) is 2.58. The van der Waals surface area contributed by atoms with Gasteiger partial charge in [0.1, 0.15) is 23.1 Å². The average Bonchev–Trinajstić information content (AvgIpc) is 2.37. The lowest BCUT2D eigenvalue weighted by molar-refractivity contribution is 0.631. The Kier molecular flexibility index (Phi) is 3.75. The van der Waals surface area contributed by atoms with Crippen LogP contribution in [-0.2, 0) is 0 Å². The van der Waals surface area contributed by atoms with Crippen molar-refractivity contribution >= 4 is 39.0 Å². The zero-order valence-electron chi connectivity index (χ0n) is 8.78. The van der Waals surface area contributed by atoms with Crippen molar-refractivity contribution in [3.05, 3.63) is 45.5 Å². The molecule has 1 N–H and O–H groups in total. The Bertz CT molecular complexity index is 641. The summed E-state index contributed by atoms with van der Waals surface area (Å²) in [5.74, 6) is -0.200. The van der Waals surface area contributed by atoms with Crippen molar-refractivity contribution < 1.29 is 4.39 Å². The van der Waals surface area contributed by atoms with Crippen molar-refractivity contribution in [1.29, 1.82) is 5.26 Å². The van der Waals surface area contributed by atoms with Crippen LogP contribution in [0.1, 0.15) is 5.56 Å². The Labute approximate surface area is 116 Å². The van der Waals surface area contributed by atoms with E-state index in [1.807, 2.05) is 6.07 Å². The first-order valence-corrected chi connectivity index (χ1v) is 5.91. The fraction of sp³-hybridized carbons (Fsp3) is 0. The van der Waals surface area contributed by atoms with Crippen molar-refractivity contribution in [1.82, 2.24) is 9.97 Å². The number of benzene rings is 1. The number of aromatic nitrogens is 2. The van der Waals surface area contributed by atoms with E-state index in [-0.39, 0.29) is 16.4 Å². The highest BCUT2D eigenvalue weighted by atomic mass is 79.9. The number of hydrogen-bond acceptors (Lipinski definition) is 4. The van der Waals surface area contributed by atoms with Crippen molar-refractivity contribution in [2.45, 2.75) is 0 Å². The molecule has 2 rings (SSSR count). The number of nitrogens with zero attached hydrogens (tertiary/aromatic N) is 3. The van der Waals surface area contributed by atoms with Gasteiger partial charge < -0.3 is 5.32 Å². The fourth-order valence-corrected chi connectivity index (χ4v) is 1.69. The molecule has 7 heteroatoms. The van der Waals surface area contributed by atoms with Crippen molar-refractivity contribution in [2.75, 3.05) is 5.32 Å². The van der Waals surface area contributed by atoms with E-state index < -0.39 is 5.82 Å². The second-order valence-corrected chi connectivity index (χ2v) is 4.41. The molecular formula is C11H5BrClFN4. The van der Waals surface area contributed by atoms with Crippen molar-refractivity contribution in [3.63, 3.8) is 0 Å². The van der Waals surface area contributed by atoms with Crippen LogP contribution < -0.4 is 5.32 Å². The molecule has 90 valence electrons. The first-order chi connectivity index (χ1) is 8.61. The van der Waals surface area contributed by atoms with Crippen molar-refractivity contribution in [2.24, 2.45) is 0 Å². The summed E-state index contributed by atoms with van der Waals surface area (Å²) < 4.78 is 14.1. The first-order valence-electron chi connectivity index (χ1n) is 4.74. The third-order valence-electron chi connectivity index (χ3n) is 2.10. The number of nitriles is 1. The summed E-state index contributed by atoms with van der Waals surface area (Å²) >= 11 is 8.99. The molecular weight excluding hydrogens is 323 g/mol. The molecule has 0 aliphatic heterocycles. The Balaban J connectivity index is 2.35. The highest BCUT2D eigenvalue weighted by Crippen LogP contribution is 2.29. The normalized spacial score (nSPS) is 9.89. The summed E-state index contributed by atoms with van der Waals surface area (Å²) in [6, 6.07) is 5.95. The summed E-state index contributed by atoms with van der Waals surface area (Å²) in [7, 11) is 0. The van der Waals surface area contributed by atoms with Crippen molar-refractivity contribution in [3.8, 4) is 6.07 Å². The van der Waals surface area contributed by atoms with E-state index in [0.29, 0.717) is 10.3 Å². The van der Waals surface area contributed by atoms with Crippen LogP contribution in [0, 0.1) is 17.1 Å². The van der Waals surface area contributed by atoms with Crippen LogP contribution >= 0.6 is 27.5 Å². The van der Waals surface area contributed by atoms with E-state index >= 15 is 0 Å². The van der Waals surface area contributed by atoms with Crippen LogP contribution in [0.2, 0.25) is 5.15 Å². The van der Waals surface area contributed by atoms with E-state index in [1.54, 1.807) is 0 Å². The number of nitrogens with one attached hydrogen (secondary N) is 1. The van der Waals surface area contributed by atoms with E-state index in [2.05, 4.69) is 31.2 Å². The smallest absolute Gasteiger partial charge is 0.149 e. The summed E-state index contributed by atoms with van der Waals surface area (Å²) in [5.41, 5.74) is 0.447. The van der Waals surface area contributed by atoms with Gasteiger partial charge in [0, 0.05) is 0 Å². The Hall–Kier alpha value is -1.71. The predicted octanol–water partition coefficient (Wildman–Crippen LogP) is 3.65. The maximum absolute atomic E-state index is 13.6. The maximum Gasteiger partial charge on any atom is 0.149 e. The molecule has 4 nitrogen and oxygen atoms in total. The first kappa shape index (κ1) is 12.7. The predicted molar refractivity (Wildman–Crippen MR) is 69.1 cm³/mol. The molecule has 0 amide bonds. The molecule has 0 aliphatic rings. The van der Waals surface area contributed by atoms with Gasteiger partial charge in [-0.05, 0) is 34.1 Å². The summed E-state index contributed by atoms with van der Waals surface area (Å²) in [5, 5.41) is 11.6. The molecule has 0 aliphatic carbocycles. The SMILES string of the molecule is N#Cc1ccc(Nc2ncnc(Cl)c2Br)c(F)c1. The molecule has 0 radical (unpaired) electrons. The molecule has 1 aromatic carbocycles. The molecule has 0 saturated carbocycles. The zero-order valence-corrected chi connectivity index (χ0v) is 11.1. The minimum Gasteiger partial charge on any atom is -0.337 e. The average molecular weight is 328 g/mol. The van der Waals surface area contributed by atoms with Gasteiger partial charge in [-0.1, -0.05) is 11.6 Å². The maximum atomic E-state index is 13.6. The Morgan fingerprint density at radius 2 is 2.17 bits per heavy atom. The van der Waals surface area contributed by atoms with Gasteiger partial charge in [0.25, 0.3) is 0 Å². The molecule has 0 bridgehead atoms. The number of halogens is 3. The van der Waals surface area contributed by atoms with E-state index in [4.69, 9.17) is 16.9 Å². The molecule has 2 aromatic rings. The standard InChI is InChI=1S/C11H5BrClFN4/c12-9-10(13)16-5-17-11(9)18-8-2-1-6(4-15)3-7(8)14/h1-3,5H,(H,16,17,18). The van der Waals surface area contributed by atoms with Gasteiger partial charge in [0.05, 0.1) is 21.8 Å². The third-order valence-corrected chi connectivity index (χ3v) is 3.36. The number of hydrogen-bond donors (Lipinski definition) is 1. The molecule has 0 spiro atoms. The van der Waals surface area contributed by atoms with Gasteiger partial charge in [-0.25, -0.2) is 14.4 Å². The van der Waals surface area contributed by atoms with Gasteiger partial charge in [0.2, 0.25) is 0 Å². The van der Waals surface area contributed by atoms with Gasteiger partial charge in [-0.15, -0.1) is 0 Å². The highest BCUT2D eigenvalue weighted by Gasteiger charge is 2.09. The largest absolute Gasteiger partial charge is 0.337 e. The minimum absolute atomic E-state index is 0.199. The van der Waals surface area contributed by atoms with Crippen LogP contribution in [0.25, 0.3) is 0 Å². The van der Waals surface area contributed by atoms with Gasteiger partial charge in [-0.2, -0.15) is 5.26 Å². The minimum atomic E-state index is -0.546. The monoisotopic (exact) mass is 326 g/mol. The molecule has 0 unspecified atom stereocenters. The molecule has 1 heterocycles. The van der Waals surface area contributed by atoms with Crippen LogP contribution in [0.5, 0.6) is 0 Å². The lowest BCUT2D eigenvalue weighted by Gasteiger charge is -2.08. The van der Waals surface area contributed by atoms with Crippen LogP contribution in [-0.4, -0.2) is 9.97 Å². The van der Waals surface area contributed by atoms with Crippen LogP contribution in [0.4, 0.5) is 15.9 Å². The second-order valence-electron chi connectivity index (χ2n) is 3.26. The summed E-state index contributed by atoms with van der Waals surface area (Å²) in [6.07, 6.45) is 1.26. The Morgan fingerprint density at radius 1 is 1.39 bits per heavy atom.